The predicted octanol–water partition coefficient (Wildman–Crippen LogP) is 2.68. The van der Waals surface area contributed by atoms with Crippen LogP contribution in [0.3, 0.4) is 0 Å². The van der Waals surface area contributed by atoms with E-state index in [1.54, 1.807) is 6.07 Å². The summed E-state index contributed by atoms with van der Waals surface area (Å²) in [5.74, 6) is 1.07. The maximum atomic E-state index is 10.9. The zero-order valence-electron chi connectivity index (χ0n) is 8.82. The summed E-state index contributed by atoms with van der Waals surface area (Å²) in [6, 6.07) is 5.44. The molecule has 0 aliphatic carbocycles. The minimum absolute atomic E-state index is 0.437. The second-order valence-corrected chi connectivity index (χ2v) is 4.67. The summed E-state index contributed by atoms with van der Waals surface area (Å²) in [5, 5.41) is 0. The topological polar surface area (TPSA) is 35.5 Å². The van der Waals surface area contributed by atoms with Crippen LogP contribution in [0.1, 0.15) is 16.8 Å². The first kappa shape index (κ1) is 11.6. The lowest BCUT2D eigenvalue weighted by atomic mass is 10.1. The summed E-state index contributed by atoms with van der Waals surface area (Å²) in [4.78, 5) is 10.9. The van der Waals surface area contributed by atoms with Gasteiger partial charge >= 0.3 is 0 Å². The van der Waals surface area contributed by atoms with Gasteiger partial charge in [0.05, 0.1) is 23.2 Å². The molecule has 3 nitrogen and oxygen atoms in total. The van der Waals surface area contributed by atoms with E-state index in [4.69, 9.17) is 9.47 Å². The Morgan fingerprint density at radius 3 is 3.12 bits per heavy atom. The van der Waals surface area contributed by atoms with Crippen LogP contribution in [0.2, 0.25) is 0 Å². The van der Waals surface area contributed by atoms with Crippen molar-refractivity contribution >= 4 is 22.2 Å². The quantitative estimate of drug-likeness (QED) is 0.798. The zero-order valence-corrected chi connectivity index (χ0v) is 10.4. The third-order valence-electron chi connectivity index (χ3n) is 2.61. The molecule has 1 aromatic rings. The second-order valence-electron chi connectivity index (χ2n) is 3.82. The molecular formula is C12H13BrO3. The van der Waals surface area contributed by atoms with E-state index in [0.717, 1.165) is 30.4 Å². The Labute approximate surface area is 103 Å². The average molecular weight is 285 g/mol. The fraction of sp³-hybridized carbons (Fsp3) is 0.417. The molecule has 0 saturated carbocycles. The lowest BCUT2D eigenvalue weighted by molar-refractivity contribution is 0.111. The highest BCUT2D eigenvalue weighted by molar-refractivity contribution is 9.10. The molecule has 1 heterocycles. The van der Waals surface area contributed by atoms with Gasteiger partial charge in [0.15, 0.2) is 6.29 Å². The summed E-state index contributed by atoms with van der Waals surface area (Å²) >= 11 is 3.38. The molecule has 1 unspecified atom stereocenters. The Kier molecular flexibility index (Phi) is 3.96. The van der Waals surface area contributed by atoms with Crippen LogP contribution in [0.5, 0.6) is 5.75 Å². The number of hydrogen-bond donors (Lipinski definition) is 0. The van der Waals surface area contributed by atoms with Crippen molar-refractivity contribution in [3.05, 3.63) is 28.2 Å². The molecule has 1 fully saturated rings. The minimum atomic E-state index is 0.437. The summed E-state index contributed by atoms with van der Waals surface area (Å²) in [6.45, 7) is 2.16. The first-order chi connectivity index (χ1) is 7.81. The largest absolute Gasteiger partial charge is 0.491 e. The highest BCUT2D eigenvalue weighted by Gasteiger charge is 2.17. The Hall–Kier alpha value is -0.870. The lowest BCUT2D eigenvalue weighted by Gasteiger charge is -2.13. The van der Waals surface area contributed by atoms with E-state index in [1.165, 1.54) is 0 Å². The van der Waals surface area contributed by atoms with Crippen LogP contribution in [0.15, 0.2) is 22.7 Å². The van der Waals surface area contributed by atoms with Crippen molar-refractivity contribution in [1.29, 1.82) is 0 Å². The first-order valence-electron chi connectivity index (χ1n) is 5.25. The van der Waals surface area contributed by atoms with Crippen LogP contribution in [-0.4, -0.2) is 26.1 Å². The number of hydrogen-bond acceptors (Lipinski definition) is 3. The van der Waals surface area contributed by atoms with Crippen LogP contribution in [0.4, 0.5) is 0 Å². The van der Waals surface area contributed by atoms with Gasteiger partial charge in [0.2, 0.25) is 0 Å². The average Bonchev–Trinajstić information content (AvgIpc) is 2.80. The maximum absolute atomic E-state index is 10.9. The molecular weight excluding hydrogens is 272 g/mol. The maximum Gasteiger partial charge on any atom is 0.153 e. The molecule has 16 heavy (non-hydrogen) atoms. The zero-order chi connectivity index (χ0) is 11.4. The van der Waals surface area contributed by atoms with Crippen LogP contribution in [0, 0.1) is 5.92 Å². The van der Waals surface area contributed by atoms with Crippen molar-refractivity contribution in [2.45, 2.75) is 6.42 Å². The number of carbonyl (C=O) groups is 1. The summed E-state index contributed by atoms with van der Waals surface area (Å²) in [7, 11) is 0. The van der Waals surface area contributed by atoms with Crippen molar-refractivity contribution in [3.63, 3.8) is 0 Å². The van der Waals surface area contributed by atoms with Gasteiger partial charge in [0, 0.05) is 12.5 Å². The summed E-state index contributed by atoms with van der Waals surface area (Å²) in [5.41, 5.74) is 0.577. The number of ether oxygens (including phenoxy) is 2. The van der Waals surface area contributed by atoms with E-state index in [-0.39, 0.29) is 0 Å². The Morgan fingerprint density at radius 2 is 2.44 bits per heavy atom. The molecule has 86 valence electrons. The van der Waals surface area contributed by atoms with Gasteiger partial charge in [-0.05, 0) is 34.5 Å². The molecule has 4 heteroatoms. The SMILES string of the molecule is O=Cc1cccc(Br)c1OCC1CCOC1. The summed E-state index contributed by atoms with van der Waals surface area (Å²) < 4.78 is 11.8. The van der Waals surface area contributed by atoms with Gasteiger partial charge in [-0.25, -0.2) is 0 Å². The van der Waals surface area contributed by atoms with Crippen LogP contribution >= 0.6 is 15.9 Å². The molecule has 0 spiro atoms. The van der Waals surface area contributed by atoms with Crippen LogP contribution in [0.25, 0.3) is 0 Å². The molecule has 1 saturated heterocycles. The summed E-state index contributed by atoms with van der Waals surface area (Å²) in [6.07, 6.45) is 1.84. The highest BCUT2D eigenvalue weighted by atomic mass is 79.9. The number of rotatable bonds is 4. The van der Waals surface area contributed by atoms with E-state index in [0.29, 0.717) is 23.8 Å². The van der Waals surface area contributed by atoms with Gasteiger partial charge in [-0.15, -0.1) is 0 Å². The number of aldehydes is 1. The van der Waals surface area contributed by atoms with Crippen molar-refractivity contribution in [1.82, 2.24) is 0 Å². The molecule has 0 N–H and O–H groups in total. The van der Waals surface area contributed by atoms with Gasteiger partial charge in [-0.2, -0.15) is 0 Å². The number of carbonyl (C=O) groups excluding carboxylic acids is 1. The Morgan fingerprint density at radius 1 is 1.56 bits per heavy atom. The molecule has 0 amide bonds. The molecule has 1 aliphatic rings. The Bertz CT molecular complexity index is 373. The van der Waals surface area contributed by atoms with Crippen molar-refractivity contribution < 1.29 is 14.3 Å². The van der Waals surface area contributed by atoms with Crippen molar-refractivity contribution in [2.24, 2.45) is 5.92 Å². The number of benzene rings is 1. The van der Waals surface area contributed by atoms with Gasteiger partial charge in [0.1, 0.15) is 5.75 Å². The molecule has 0 bridgehead atoms. The van der Waals surface area contributed by atoms with E-state index in [2.05, 4.69) is 15.9 Å². The number of halogens is 1. The fourth-order valence-electron chi connectivity index (χ4n) is 1.69. The molecule has 1 aliphatic heterocycles. The lowest BCUT2D eigenvalue weighted by Crippen LogP contribution is -2.12. The third kappa shape index (κ3) is 2.62. The Balaban J connectivity index is 2.04. The minimum Gasteiger partial charge on any atom is -0.491 e. The van der Waals surface area contributed by atoms with Gasteiger partial charge in [0.25, 0.3) is 0 Å². The van der Waals surface area contributed by atoms with Gasteiger partial charge < -0.3 is 9.47 Å². The van der Waals surface area contributed by atoms with Crippen molar-refractivity contribution in [2.75, 3.05) is 19.8 Å². The van der Waals surface area contributed by atoms with E-state index < -0.39 is 0 Å². The normalized spacial score (nSPS) is 19.7. The second kappa shape index (κ2) is 5.46. The molecule has 1 atom stereocenters. The molecule has 1 aromatic carbocycles. The van der Waals surface area contributed by atoms with E-state index in [1.807, 2.05) is 12.1 Å². The first-order valence-corrected chi connectivity index (χ1v) is 6.05. The van der Waals surface area contributed by atoms with Gasteiger partial charge in [-0.3, -0.25) is 4.79 Å². The van der Waals surface area contributed by atoms with Gasteiger partial charge in [-0.1, -0.05) is 6.07 Å². The molecule has 0 aromatic heterocycles. The van der Waals surface area contributed by atoms with Crippen LogP contribution < -0.4 is 4.74 Å². The highest BCUT2D eigenvalue weighted by Crippen LogP contribution is 2.29. The molecule has 0 radical (unpaired) electrons. The fourth-order valence-corrected chi connectivity index (χ4v) is 2.18. The van der Waals surface area contributed by atoms with Crippen molar-refractivity contribution in [3.8, 4) is 5.75 Å². The van der Waals surface area contributed by atoms with E-state index in [9.17, 15) is 4.79 Å². The smallest absolute Gasteiger partial charge is 0.153 e. The monoisotopic (exact) mass is 284 g/mol. The predicted molar refractivity (Wildman–Crippen MR) is 64.0 cm³/mol. The molecule has 2 rings (SSSR count). The standard InChI is InChI=1S/C12H13BrO3/c13-11-3-1-2-10(6-14)12(11)16-8-9-4-5-15-7-9/h1-3,6,9H,4-5,7-8H2. The number of para-hydroxylation sites is 1. The third-order valence-corrected chi connectivity index (χ3v) is 3.24. The van der Waals surface area contributed by atoms with Crippen LogP contribution in [-0.2, 0) is 4.74 Å². The van der Waals surface area contributed by atoms with E-state index >= 15 is 0 Å².